The summed E-state index contributed by atoms with van der Waals surface area (Å²) in [6.45, 7) is 1.82. The van der Waals surface area contributed by atoms with Gasteiger partial charge in [0.25, 0.3) is 0 Å². The second-order valence-electron chi connectivity index (χ2n) is 6.74. The van der Waals surface area contributed by atoms with Crippen LogP contribution in [0.4, 0.5) is 14.9 Å². The summed E-state index contributed by atoms with van der Waals surface area (Å²) in [5, 5.41) is 25.3. The lowest BCUT2D eigenvalue weighted by atomic mass is 10.0. The molecule has 0 saturated carbocycles. The van der Waals surface area contributed by atoms with Gasteiger partial charge < -0.3 is 35.2 Å². The van der Waals surface area contributed by atoms with Crippen LogP contribution >= 0.6 is 0 Å². The first kappa shape index (κ1) is 20.5. The third-order valence-electron chi connectivity index (χ3n) is 4.75. The molecule has 2 saturated heterocycles. The van der Waals surface area contributed by atoms with Crippen molar-refractivity contribution in [3.05, 3.63) is 30.1 Å². The molecule has 2 aliphatic rings. The van der Waals surface area contributed by atoms with Crippen molar-refractivity contribution in [2.24, 2.45) is 0 Å². The molecule has 0 radical (unpaired) electrons. The molecule has 2 aliphatic heterocycles. The number of benzene rings is 1. The van der Waals surface area contributed by atoms with Crippen LogP contribution < -0.4 is 10.6 Å². The molecule has 2 heterocycles. The molecular weight excluding hydrogens is 373 g/mol. The Bertz CT molecular complexity index is 700. The molecule has 9 nitrogen and oxygen atoms in total. The highest BCUT2D eigenvalue weighted by molar-refractivity contribution is 5.89. The molecule has 3 rings (SSSR count). The number of carbonyl (C=O) groups excluding carboxylic acids is 2. The van der Waals surface area contributed by atoms with Gasteiger partial charge in [-0.1, -0.05) is 6.07 Å². The van der Waals surface area contributed by atoms with E-state index in [0.717, 1.165) is 6.07 Å². The zero-order valence-corrected chi connectivity index (χ0v) is 15.2. The average Bonchev–Trinajstić information content (AvgIpc) is 2.95. The predicted octanol–water partition coefficient (Wildman–Crippen LogP) is -0.315. The average molecular weight is 397 g/mol. The first-order valence-corrected chi connectivity index (χ1v) is 9.11. The Labute approximate surface area is 161 Å². The Morgan fingerprint density at radius 3 is 2.61 bits per heavy atom. The molecule has 10 heteroatoms. The molecule has 0 aromatic heterocycles. The minimum atomic E-state index is -1.24. The summed E-state index contributed by atoms with van der Waals surface area (Å²) in [6.07, 6.45) is -4.26. The standard InChI is InChI=1S/C18H24FN3O6/c19-11-2-1-3-12(8-11)21-18(26)20-10-14-17(25)16(24)13(28-14)9-15(23)22-4-6-27-7-5-22/h1-3,8,13-14,16-17,24-25H,4-7,9-10H2,(H2,20,21,26)/t13-,14+,16-,17+/m0/s1. The lowest BCUT2D eigenvalue weighted by molar-refractivity contribution is -0.139. The molecular formula is C18H24FN3O6. The van der Waals surface area contributed by atoms with Crippen LogP contribution in [0.1, 0.15) is 6.42 Å². The van der Waals surface area contributed by atoms with Crippen LogP contribution in [0.25, 0.3) is 0 Å². The maximum atomic E-state index is 13.1. The molecule has 0 unspecified atom stereocenters. The van der Waals surface area contributed by atoms with Crippen LogP contribution in [0.2, 0.25) is 0 Å². The van der Waals surface area contributed by atoms with Crippen molar-refractivity contribution in [1.29, 1.82) is 0 Å². The van der Waals surface area contributed by atoms with Crippen molar-refractivity contribution in [1.82, 2.24) is 10.2 Å². The van der Waals surface area contributed by atoms with Gasteiger partial charge in [0, 0.05) is 25.3 Å². The summed E-state index contributed by atoms with van der Waals surface area (Å²) in [7, 11) is 0. The van der Waals surface area contributed by atoms with Crippen molar-refractivity contribution in [3.63, 3.8) is 0 Å². The van der Waals surface area contributed by atoms with Crippen molar-refractivity contribution >= 4 is 17.6 Å². The number of carbonyl (C=O) groups is 2. The number of aliphatic hydroxyl groups is 2. The third-order valence-corrected chi connectivity index (χ3v) is 4.75. The number of hydrogen-bond donors (Lipinski definition) is 4. The monoisotopic (exact) mass is 397 g/mol. The van der Waals surface area contributed by atoms with Crippen molar-refractivity contribution in [3.8, 4) is 0 Å². The Morgan fingerprint density at radius 1 is 1.18 bits per heavy atom. The van der Waals surface area contributed by atoms with Crippen LogP contribution in [0.3, 0.4) is 0 Å². The second-order valence-corrected chi connectivity index (χ2v) is 6.74. The maximum absolute atomic E-state index is 13.1. The summed E-state index contributed by atoms with van der Waals surface area (Å²) in [4.78, 5) is 25.8. The molecule has 0 spiro atoms. The number of nitrogens with one attached hydrogen (secondary N) is 2. The maximum Gasteiger partial charge on any atom is 0.319 e. The predicted molar refractivity (Wildman–Crippen MR) is 96.1 cm³/mol. The lowest BCUT2D eigenvalue weighted by Crippen LogP contribution is -2.43. The van der Waals surface area contributed by atoms with Crippen molar-refractivity contribution in [2.75, 3.05) is 38.2 Å². The van der Waals surface area contributed by atoms with Gasteiger partial charge in [-0.25, -0.2) is 9.18 Å². The van der Waals surface area contributed by atoms with E-state index >= 15 is 0 Å². The molecule has 2 fully saturated rings. The van der Waals surface area contributed by atoms with Crippen LogP contribution in [-0.2, 0) is 14.3 Å². The van der Waals surface area contributed by atoms with Gasteiger partial charge >= 0.3 is 6.03 Å². The molecule has 1 aromatic rings. The number of amides is 3. The van der Waals surface area contributed by atoms with Gasteiger partial charge in [0.05, 0.1) is 25.7 Å². The lowest BCUT2D eigenvalue weighted by Gasteiger charge is -2.28. The van der Waals surface area contributed by atoms with E-state index in [4.69, 9.17) is 9.47 Å². The van der Waals surface area contributed by atoms with Crippen LogP contribution in [-0.4, -0.2) is 84.3 Å². The fourth-order valence-corrected chi connectivity index (χ4v) is 3.21. The molecule has 3 amide bonds. The van der Waals surface area contributed by atoms with Crippen molar-refractivity contribution < 1.29 is 33.7 Å². The molecule has 1 aromatic carbocycles. The Kier molecular flexibility index (Phi) is 6.79. The highest BCUT2D eigenvalue weighted by atomic mass is 19.1. The smallest absolute Gasteiger partial charge is 0.319 e. The largest absolute Gasteiger partial charge is 0.388 e. The van der Waals surface area contributed by atoms with Crippen molar-refractivity contribution in [2.45, 2.75) is 30.8 Å². The van der Waals surface area contributed by atoms with E-state index in [0.29, 0.717) is 26.3 Å². The SMILES string of the molecule is O=C(NC[C@H]1O[C@@H](CC(=O)N2CCOCC2)[C@H](O)[C@@H]1O)Nc1cccc(F)c1. The van der Waals surface area contributed by atoms with Crippen LogP contribution in [0.5, 0.6) is 0 Å². The molecule has 28 heavy (non-hydrogen) atoms. The Hall–Kier alpha value is -2.27. The number of morpholine rings is 1. The van der Waals surface area contributed by atoms with Crippen LogP contribution in [0, 0.1) is 5.82 Å². The number of ether oxygens (including phenoxy) is 2. The van der Waals surface area contributed by atoms with E-state index in [1.165, 1.54) is 18.2 Å². The topological polar surface area (TPSA) is 120 Å². The quantitative estimate of drug-likeness (QED) is 0.541. The van der Waals surface area contributed by atoms with E-state index in [1.807, 2.05) is 0 Å². The summed E-state index contributed by atoms with van der Waals surface area (Å²) >= 11 is 0. The fourth-order valence-electron chi connectivity index (χ4n) is 3.21. The molecule has 154 valence electrons. The summed E-state index contributed by atoms with van der Waals surface area (Å²) < 4.78 is 23.9. The highest BCUT2D eigenvalue weighted by Gasteiger charge is 2.43. The normalized spacial score (nSPS) is 27.5. The minimum Gasteiger partial charge on any atom is -0.388 e. The number of anilines is 1. The zero-order chi connectivity index (χ0) is 20.1. The van der Waals surface area contributed by atoms with Gasteiger partial charge in [-0.05, 0) is 18.2 Å². The number of nitrogens with zero attached hydrogens (tertiary/aromatic N) is 1. The third kappa shape index (κ3) is 5.16. The number of rotatable bonds is 5. The van der Waals surface area contributed by atoms with E-state index in [1.54, 1.807) is 4.90 Å². The zero-order valence-electron chi connectivity index (χ0n) is 15.2. The number of halogens is 1. The van der Waals surface area contributed by atoms with Gasteiger partial charge in [-0.3, -0.25) is 4.79 Å². The second kappa shape index (κ2) is 9.28. The van der Waals surface area contributed by atoms with Gasteiger partial charge in [0.2, 0.25) is 5.91 Å². The first-order chi connectivity index (χ1) is 13.4. The Morgan fingerprint density at radius 2 is 1.89 bits per heavy atom. The number of aliphatic hydroxyl groups excluding tert-OH is 2. The van der Waals surface area contributed by atoms with Gasteiger partial charge in [0.1, 0.15) is 24.1 Å². The number of hydrogen-bond acceptors (Lipinski definition) is 6. The fraction of sp³-hybridized carbons (Fsp3) is 0.556. The van der Waals surface area contributed by atoms with E-state index in [9.17, 15) is 24.2 Å². The molecule has 0 bridgehead atoms. The van der Waals surface area contributed by atoms with Gasteiger partial charge in [-0.15, -0.1) is 0 Å². The minimum absolute atomic E-state index is 0.0653. The van der Waals surface area contributed by atoms with E-state index < -0.39 is 36.3 Å². The summed E-state index contributed by atoms with van der Waals surface area (Å²) in [5.74, 6) is -0.666. The Balaban J connectivity index is 1.46. The molecule has 4 N–H and O–H groups in total. The highest BCUT2D eigenvalue weighted by Crippen LogP contribution is 2.24. The summed E-state index contributed by atoms with van der Waals surface area (Å²) in [5.41, 5.74) is 0.277. The number of urea groups is 1. The van der Waals surface area contributed by atoms with E-state index in [2.05, 4.69) is 10.6 Å². The molecule has 4 atom stereocenters. The van der Waals surface area contributed by atoms with Gasteiger partial charge in [-0.2, -0.15) is 0 Å². The first-order valence-electron chi connectivity index (χ1n) is 9.11. The van der Waals surface area contributed by atoms with Gasteiger partial charge in [0.15, 0.2) is 0 Å². The van der Waals surface area contributed by atoms with E-state index in [-0.39, 0.29) is 24.6 Å². The van der Waals surface area contributed by atoms with Crippen LogP contribution in [0.15, 0.2) is 24.3 Å². The summed E-state index contributed by atoms with van der Waals surface area (Å²) in [6, 6.07) is 4.80. The molecule has 0 aliphatic carbocycles.